The number of para-hydroxylation sites is 1. The van der Waals surface area contributed by atoms with E-state index in [1.54, 1.807) is 24.3 Å². The van der Waals surface area contributed by atoms with Crippen molar-refractivity contribution in [1.82, 2.24) is 15.2 Å². The molecule has 2 heterocycles. The van der Waals surface area contributed by atoms with E-state index in [-0.39, 0.29) is 11.3 Å². The number of hydrogen-bond donors (Lipinski definition) is 4. The molecule has 24 heavy (non-hydrogen) atoms. The molecule has 0 amide bonds. The third-order valence-electron chi connectivity index (χ3n) is 3.97. The Bertz CT molecular complexity index is 1180. The van der Waals surface area contributed by atoms with Crippen molar-refractivity contribution in [2.45, 2.75) is 0 Å². The molecule has 4 rings (SSSR count). The molecule has 4 aromatic rings. The second kappa shape index (κ2) is 5.62. The zero-order valence-electron chi connectivity index (χ0n) is 12.7. The third kappa shape index (κ3) is 2.52. The molecule has 2 aromatic heterocycles. The minimum atomic E-state index is -0.176. The maximum Gasteiger partial charge on any atom is 0.271 e. The minimum absolute atomic E-state index is 0.176. The summed E-state index contributed by atoms with van der Waals surface area (Å²) in [6.07, 6.45) is 5.61. The Morgan fingerprint density at radius 2 is 1.71 bits per heavy atom. The molecule has 0 spiro atoms. The van der Waals surface area contributed by atoms with Gasteiger partial charge in [0.15, 0.2) is 0 Å². The lowest BCUT2D eigenvalue weighted by Gasteiger charge is -1.93. The molecule has 2 aromatic carbocycles. The molecule has 0 fully saturated rings. The number of fused-ring (bicyclic) bond motifs is 1. The highest BCUT2D eigenvalue weighted by Gasteiger charge is 2.02. The van der Waals surface area contributed by atoms with Crippen LogP contribution in [0.5, 0.6) is 5.75 Å². The number of hydrogen-bond acceptors (Lipinski definition) is 2. The van der Waals surface area contributed by atoms with E-state index in [4.69, 9.17) is 0 Å². The van der Waals surface area contributed by atoms with E-state index in [0.29, 0.717) is 10.6 Å². The predicted octanol–water partition coefficient (Wildman–Crippen LogP) is 1.55. The maximum atomic E-state index is 12.2. The molecule has 0 aliphatic heterocycles. The number of phenolic OH excluding ortho intramolecular Hbond substituents is 1. The lowest BCUT2D eigenvalue weighted by molar-refractivity contribution is 0.475. The Balaban J connectivity index is 1.92. The summed E-state index contributed by atoms with van der Waals surface area (Å²) in [5.74, 6) is 0.209. The highest BCUT2D eigenvalue weighted by atomic mass is 16.3. The van der Waals surface area contributed by atoms with Crippen LogP contribution in [0.1, 0.15) is 11.1 Å². The van der Waals surface area contributed by atoms with Gasteiger partial charge in [-0.15, -0.1) is 0 Å². The third-order valence-corrected chi connectivity index (χ3v) is 3.97. The summed E-state index contributed by atoms with van der Waals surface area (Å²) in [6, 6.07) is 14.7. The molecule has 5 heteroatoms. The summed E-state index contributed by atoms with van der Waals surface area (Å²) in [4.78, 5) is 15.4. The van der Waals surface area contributed by atoms with Gasteiger partial charge in [0, 0.05) is 22.7 Å². The first-order valence-corrected chi connectivity index (χ1v) is 7.56. The van der Waals surface area contributed by atoms with E-state index < -0.39 is 0 Å². The molecule has 4 N–H and O–H groups in total. The molecule has 0 bridgehead atoms. The molecular formula is C19H15N3O2. The van der Waals surface area contributed by atoms with Crippen molar-refractivity contribution in [3.63, 3.8) is 0 Å². The lowest BCUT2D eigenvalue weighted by atomic mass is 10.1. The van der Waals surface area contributed by atoms with E-state index >= 15 is 0 Å². The molecule has 0 unspecified atom stereocenters. The number of aromatic nitrogens is 3. The van der Waals surface area contributed by atoms with Gasteiger partial charge in [0.25, 0.3) is 5.56 Å². The molecule has 0 radical (unpaired) electrons. The van der Waals surface area contributed by atoms with Gasteiger partial charge >= 0.3 is 0 Å². The SMILES string of the molecule is O=c1[nH][nH]c(=Cc2ccc(O)cc2)c1=Cc1c[nH]c2ccccc12. The van der Waals surface area contributed by atoms with E-state index in [2.05, 4.69) is 15.2 Å². The highest BCUT2D eigenvalue weighted by molar-refractivity contribution is 5.88. The zero-order valence-corrected chi connectivity index (χ0v) is 12.7. The van der Waals surface area contributed by atoms with Crippen LogP contribution in [0, 0.1) is 0 Å². The van der Waals surface area contributed by atoms with Gasteiger partial charge in [-0.2, -0.15) is 0 Å². The average molecular weight is 317 g/mol. The summed E-state index contributed by atoms with van der Waals surface area (Å²) < 4.78 is 0. The molecule has 0 aliphatic rings. The molecule has 5 nitrogen and oxygen atoms in total. The normalized spacial score (nSPS) is 13.0. The van der Waals surface area contributed by atoms with Crippen molar-refractivity contribution in [3.8, 4) is 5.75 Å². The van der Waals surface area contributed by atoms with Crippen LogP contribution in [0.25, 0.3) is 23.1 Å². The molecule has 0 saturated heterocycles. The van der Waals surface area contributed by atoms with Crippen LogP contribution in [-0.4, -0.2) is 20.3 Å². The van der Waals surface area contributed by atoms with Gasteiger partial charge in [0.1, 0.15) is 5.75 Å². The fourth-order valence-electron chi connectivity index (χ4n) is 2.74. The van der Waals surface area contributed by atoms with Gasteiger partial charge in [-0.3, -0.25) is 15.0 Å². The van der Waals surface area contributed by atoms with E-state index in [0.717, 1.165) is 22.0 Å². The minimum Gasteiger partial charge on any atom is -0.508 e. The van der Waals surface area contributed by atoms with Crippen LogP contribution < -0.4 is 16.1 Å². The number of phenols is 1. The standard InChI is InChI=1S/C19H15N3O2/c23-14-7-5-12(6-8-14)9-18-16(19(24)22-21-18)10-13-11-20-17-4-2-1-3-15(13)17/h1-11,20-21,23H,(H,22,24). The predicted molar refractivity (Wildman–Crippen MR) is 94.2 cm³/mol. The van der Waals surface area contributed by atoms with Crippen LogP contribution >= 0.6 is 0 Å². The summed E-state index contributed by atoms with van der Waals surface area (Å²) in [5, 5.41) is 17.2. The number of rotatable bonds is 2. The van der Waals surface area contributed by atoms with Crippen molar-refractivity contribution in [1.29, 1.82) is 0 Å². The summed E-state index contributed by atoms with van der Waals surface area (Å²) in [7, 11) is 0. The van der Waals surface area contributed by atoms with E-state index in [1.807, 2.05) is 42.6 Å². The smallest absolute Gasteiger partial charge is 0.271 e. The average Bonchev–Trinajstić information content (AvgIpc) is 3.16. The zero-order chi connectivity index (χ0) is 16.5. The topological polar surface area (TPSA) is 84.7 Å². The van der Waals surface area contributed by atoms with Crippen molar-refractivity contribution < 1.29 is 5.11 Å². The summed E-state index contributed by atoms with van der Waals surface area (Å²) in [6.45, 7) is 0. The number of aromatic hydroxyl groups is 1. The quantitative estimate of drug-likeness (QED) is 0.452. The van der Waals surface area contributed by atoms with Crippen molar-refractivity contribution in [2.24, 2.45) is 0 Å². The van der Waals surface area contributed by atoms with Crippen LogP contribution in [0.3, 0.4) is 0 Å². The Hall–Kier alpha value is -3.47. The van der Waals surface area contributed by atoms with Crippen LogP contribution in [-0.2, 0) is 0 Å². The fraction of sp³-hybridized carbons (Fsp3) is 0. The summed E-state index contributed by atoms with van der Waals surface area (Å²) >= 11 is 0. The number of aromatic amines is 3. The molecule has 0 atom stereocenters. The van der Waals surface area contributed by atoms with Gasteiger partial charge in [-0.1, -0.05) is 30.3 Å². The first kappa shape index (κ1) is 14.1. The largest absolute Gasteiger partial charge is 0.508 e. The fourth-order valence-corrected chi connectivity index (χ4v) is 2.74. The van der Waals surface area contributed by atoms with Crippen LogP contribution in [0.2, 0.25) is 0 Å². The Labute approximate surface area is 136 Å². The monoisotopic (exact) mass is 317 g/mol. The molecule has 118 valence electrons. The molecule has 0 saturated carbocycles. The van der Waals surface area contributed by atoms with Crippen LogP contribution in [0.4, 0.5) is 0 Å². The first-order valence-electron chi connectivity index (χ1n) is 7.56. The highest BCUT2D eigenvalue weighted by Crippen LogP contribution is 2.17. The Morgan fingerprint density at radius 1 is 0.917 bits per heavy atom. The van der Waals surface area contributed by atoms with Gasteiger partial charge < -0.3 is 10.1 Å². The van der Waals surface area contributed by atoms with Crippen molar-refractivity contribution in [3.05, 3.63) is 86.8 Å². The second-order valence-electron chi connectivity index (χ2n) is 5.58. The Kier molecular flexibility index (Phi) is 3.31. The van der Waals surface area contributed by atoms with Gasteiger partial charge in [-0.05, 0) is 35.9 Å². The second-order valence-corrected chi connectivity index (χ2v) is 5.58. The Morgan fingerprint density at radius 3 is 2.54 bits per heavy atom. The van der Waals surface area contributed by atoms with Crippen molar-refractivity contribution >= 4 is 23.1 Å². The molecule has 0 aliphatic carbocycles. The summed E-state index contributed by atoms with van der Waals surface area (Å²) in [5.41, 5.74) is 2.69. The number of benzene rings is 2. The number of nitrogens with one attached hydrogen (secondary N) is 3. The van der Waals surface area contributed by atoms with Crippen LogP contribution in [0.15, 0.2) is 59.5 Å². The maximum absolute atomic E-state index is 12.2. The first-order chi connectivity index (χ1) is 11.7. The van der Waals surface area contributed by atoms with Crippen molar-refractivity contribution in [2.75, 3.05) is 0 Å². The lowest BCUT2D eigenvalue weighted by Crippen LogP contribution is -2.33. The molecular weight excluding hydrogens is 302 g/mol. The number of H-pyrrole nitrogens is 3. The van der Waals surface area contributed by atoms with Gasteiger partial charge in [0.2, 0.25) is 0 Å². The van der Waals surface area contributed by atoms with E-state index in [9.17, 15) is 9.90 Å². The van der Waals surface area contributed by atoms with Gasteiger partial charge in [-0.25, -0.2) is 0 Å². The van der Waals surface area contributed by atoms with E-state index in [1.165, 1.54) is 0 Å². The van der Waals surface area contributed by atoms with Gasteiger partial charge in [0.05, 0.1) is 10.6 Å².